The molecule has 1 amide bonds. The van der Waals surface area contributed by atoms with E-state index in [1.54, 1.807) is 18.3 Å². The summed E-state index contributed by atoms with van der Waals surface area (Å²) in [6, 6.07) is 15.3. The first-order valence-corrected chi connectivity index (χ1v) is 10.7. The Balaban J connectivity index is 1.81. The number of benzene rings is 3. The molecule has 162 valence electrons. The number of ether oxygens (including phenoxy) is 2. The normalized spacial score (nSPS) is 11.3. The number of halogens is 1. The SMILES string of the molecule is CCOc1cc(/C=N\NC(=O)c2c(C)ccc3ccccc23)cc(Cl)c1OCC(C)C. The number of hydrogen-bond acceptors (Lipinski definition) is 4. The van der Waals surface area contributed by atoms with E-state index < -0.39 is 0 Å². The lowest BCUT2D eigenvalue weighted by Gasteiger charge is -2.15. The molecule has 0 heterocycles. The summed E-state index contributed by atoms with van der Waals surface area (Å²) in [6.07, 6.45) is 1.54. The number of hydrazone groups is 1. The van der Waals surface area contributed by atoms with Gasteiger partial charge in [-0.1, -0.05) is 61.8 Å². The Labute approximate surface area is 188 Å². The van der Waals surface area contributed by atoms with E-state index in [0.717, 1.165) is 16.3 Å². The molecule has 0 bridgehead atoms. The van der Waals surface area contributed by atoms with E-state index in [4.69, 9.17) is 21.1 Å². The molecule has 3 rings (SSSR count). The van der Waals surface area contributed by atoms with Gasteiger partial charge in [-0.3, -0.25) is 4.79 Å². The minimum atomic E-state index is -0.265. The number of carbonyl (C=O) groups is 1. The summed E-state index contributed by atoms with van der Waals surface area (Å²) in [5.41, 5.74) is 4.82. The molecule has 0 atom stereocenters. The topological polar surface area (TPSA) is 59.9 Å². The largest absolute Gasteiger partial charge is 0.490 e. The second kappa shape index (κ2) is 10.3. The van der Waals surface area contributed by atoms with E-state index in [0.29, 0.717) is 46.8 Å². The van der Waals surface area contributed by atoms with Crippen molar-refractivity contribution < 1.29 is 14.3 Å². The molecule has 0 aromatic heterocycles. The maximum absolute atomic E-state index is 12.8. The van der Waals surface area contributed by atoms with Gasteiger partial charge < -0.3 is 9.47 Å². The van der Waals surface area contributed by atoms with Gasteiger partial charge in [-0.2, -0.15) is 5.10 Å². The number of nitrogens with zero attached hydrogens (tertiary/aromatic N) is 1. The molecule has 3 aromatic rings. The van der Waals surface area contributed by atoms with Crippen LogP contribution in [0.2, 0.25) is 5.02 Å². The molecule has 31 heavy (non-hydrogen) atoms. The van der Waals surface area contributed by atoms with Crippen molar-refractivity contribution in [1.29, 1.82) is 0 Å². The van der Waals surface area contributed by atoms with Crippen molar-refractivity contribution in [3.8, 4) is 11.5 Å². The minimum absolute atomic E-state index is 0.265. The quantitative estimate of drug-likeness (QED) is 0.346. The lowest BCUT2D eigenvalue weighted by Crippen LogP contribution is -2.19. The Hall–Kier alpha value is -3.05. The van der Waals surface area contributed by atoms with Crippen molar-refractivity contribution in [3.63, 3.8) is 0 Å². The van der Waals surface area contributed by atoms with Crippen LogP contribution in [0, 0.1) is 12.8 Å². The predicted molar refractivity (Wildman–Crippen MR) is 127 cm³/mol. The summed E-state index contributed by atoms with van der Waals surface area (Å²) in [7, 11) is 0. The molecule has 0 fully saturated rings. The van der Waals surface area contributed by atoms with E-state index in [1.165, 1.54) is 0 Å². The average Bonchev–Trinajstić information content (AvgIpc) is 2.73. The van der Waals surface area contributed by atoms with Crippen LogP contribution in [0.5, 0.6) is 11.5 Å². The highest BCUT2D eigenvalue weighted by Gasteiger charge is 2.14. The first kappa shape index (κ1) is 22.6. The van der Waals surface area contributed by atoms with Gasteiger partial charge >= 0.3 is 0 Å². The number of hydrogen-bond donors (Lipinski definition) is 1. The van der Waals surface area contributed by atoms with E-state index in [1.807, 2.05) is 50.2 Å². The standard InChI is InChI=1S/C25H27ClN2O3/c1-5-30-22-13-18(12-21(26)24(22)31-15-16(2)3)14-27-28-25(29)23-17(4)10-11-19-8-6-7-9-20(19)23/h6-14,16H,5,15H2,1-4H3,(H,28,29)/b27-14-. The summed E-state index contributed by atoms with van der Waals surface area (Å²) in [5, 5.41) is 6.47. The lowest BCUT2D eigenvalue weighted by atomic mass is 9.99. The summed E-state index contributed by atoms with van der Waals surface area (Å²) in [5.74, 6) is 1.16. The average molecular weight is 439 g/mol. The van der Waals surface area contributed by atoms with Crippen LogP contribution in [-0.4, -0.2) is 25.3 Å². The van der Waals surface area contributed by atoms with Gasteiger partial charge in [0.15, 0.2) is 11.5 Å². The van der Waals surface area contributed by atoms with Crippen LogP contribution in [0.15, 0.2) is 53.6 Å². The zero-order chi connectivity index (χ0) is 22.4. The Morgan fingerprint density at radius 2 is 1.94 bits per heavy atom. The Kier molecular flexibility index (Phi) is 7.53. The van der Waals surface area contributed by atoms with Gasteiger partial charge in [0.1, 0.15) is 0 Å². The van der Waals surface area contributed by atoms with Crippen molar-refractivity contribution in [3.05, 3.63) is 70.2 Å². The summed E-state index contributed by atoms with van der Waals surface area (Å²) in [4.78, 5) is 12.8. The Bertz CT molecular complexity index is 1110. The molecule has 0 aliphatic heterocycles. The zero-order valence-electron chi connectivity index (χ0n) is 18.2. The van der Waals surface area contributed by atoms with Crippen LogP contribution in [0.4, 0.5) is 0 Å². The number of nitrogens with one attached hydrogen (secondary N) is 1. The molecule has 3 aromatic carbocycles. The number of aryl methyl sites for hydroxylation is 1. The molecular weight excluding hydrogens is 412 g/mol. The Morgan fingerprint density at radius 1 is 1.16 bits per heavy atom. The highest BCUT2D eigenvalue weighted by molar-refractivity contribution is 6.32. The first-order valence-electron chi connectivity index (χ1n) is 10.3. The van der Waals surface area contributed by atoms with Crippen LogP contribution in [0.3, 0.4) is 0 Å². The molecule has 1 N–H and O–H groups in total. The number of amides is 1. The van der Waals surface area contributed by atoms with E-state index >= 15 is 0 Å². The lowest BCUT2D eigenvalue weighted by molar-refractivity contribution is 0.0956. The van der Waals surface area contributed by atoms with Gasteiger partial charge in [-0.25, -0.2) is 5.43 Å². The van der Waals surface area contributed by atoms with E-state index in [2.05, 4.69) is 24.4 Å². The van der Waals surface area contributed by atoms with Crippen LogP contribution in [0.1, 0.15) is 42.3 Å². The molecule has 5 nitrogen and oxygen atoms in total. The fourth-order valence-corrected chi connectivity index (χ4v) is 3.49. The summed E-state index contributed by atoms with van der Waals surface area (Å²) in [6.45, 7) is 8.95. The zero-order valence-corrected chi connectivity index (χ0v) is 19.0. The van der Waals surface area contributed by atoms with Crippen molar-refractivity contribution in [2.24, 2.45) is 11.0 Å². The molecule has 0 aliphatic carbocycles. The van der Waals surface area contributed by atoms with E-state index in [-0.39, 0.29) is 5.91 Å². The fraction of sp³-hybridized carbons (Fsp3) is 0.280. The maximum Gasteiger partial charge on any atom is 0.272 e. The third-order valence-corrected chi connectivity index (χ3v) is 4.92. The van der Waals surface area contributed by atoms with E-state index in [9.17, 15) is 4.79 Å². The highest BCUT2D eigenvalue weighted by atomic mass is 35.5. The fourth-order valence-electron chi connectivity index (χ4n) is 3.22. The maximum atomic E-state index is 12.8. The van der Waals surface area contributed by atoms with Gasteiger partial charge in [0.05, 0.1) is 30.0 Å². The van der Waals surface area contributed by atoms with Crippen LogP contribution < -0.4 is 14.9 Å². The van der Waals surface area contributed by atoms with Crippen LogP contribution >= 0.6 is 11.6 Å². The second-order valence-corrected chi connectivity index (χ2v) is 8.05. The highest BCUT2D eigenvalue weighted by Crippen LogP contribution is 2.36. The van der Waals surface area contributed by atoms with Crippen molar-refractivity contribution in [2.75, 3.05) is 13.2 Å². The van der Waals surface area contributed by atoms with Gasteiger partial charge in [0.2, 0.25) is 0 Å². The van der Waals surface area contributed by atoms with Gasteiger partial charge in [0.25, 0.3) is 5.91 Å². The molecule has 0 aliphatic rings. The Morgan fingerprint density at radius 3 is 2.68 bits per heavy atom. The van der Waals surface area contributed by atoms with Gasteiger partial charge in [-0.05, 0) is 53.8 Å². The van der Waals surface area contributed by atoms with Gasteiger partial charge in [-0.15, -0.1) is 0 Å². The molecule has 0 unspecified atom stereocenters. The number of rotatable bonds is 8. The molecule has 0 saturated carbocycles. The minimum Gasteiger partial charge on any atom is -0.490 e. The summed E-state index contributed by atoms with van der Waals surface area (Å²) >= 11 is 6.42. The monoisotopic (exact) mass is 438 g/mol. The molecule has 0 radical (unpaired) electrons. The number of fused-ring (bicyclic) bond motifs is 1. The summed E-state index contributed by atoms with van der Waals surface area (Å²) < 4.78 is 11.5. The smallest absolute Gasteiger partial charge is 0.272 e. The predicted octanol–water partition coefficient (Wildman–Crippen LogP) is 6.00. The first-order chi connectivity index (χ1) is 14.9. The van der Waals surface area contributed by atoms with Crippen molar-refractivity contribution in [2.45, 2.75) is 27.7 Å². The van der Waals surface area contributed by atoms with Gasteiger partial charge in [0, 0.05) is 0 Å². The number of carbonyl (C=O) groups excluding carboxylic acids is 1. The second-order valence-electron chi connectivity index (χ2n) is 7.65. The van der Waals surface area contributed by atoms with Crippen molar-refractivity contribution >= 4 is 34.5 Å². The molecule has 0 saturated heterocycles. The van der Waals surface area contributed by atoms with Crippen molar-refractivity contribution in [1.82, 2.24) is 5.43 Å². The van der Waals surface area contributed by atoms with Crippen LogP contribution in [0.25, 0.3) is 10.8 Å². The molecular formula is C25H27ClN2O3. The third kappa shape index (κ3) is 5.56. The van der Waals surface area contributed by atoms with Crippen LogP contribution in [-0.2, 0) is 0 Å². The molecule has 6 heteroatoms. The molecule has 0 spiro atoms. The third-order valence-electron chi connectivity index (χ3n) is 4.64.